The molecule has 0 aromatic carbocycles. The molecule has 0 saturated heterocycles. The van der Waals surface area contributed by atoms with Crippen LogP contribution in [0.3, 0.4) is 0 Å². The van der Waals surface area contributed by atoms with E-state index in [-0.39, 0.29) is 6.04 Å². The summed E-state index contributed by atoms with van der Waals surface area (Å²) >= 11 is 0. The summed E-state index contributed by atoms with van der Waals surface area (Å²) in [6.07, 6.45) is 4.64. The van der Waals surface area contributed by atoms with Crippen LogP contribution in [0.25, 0.3) is 0 Å². The number of aromatic nitrogens is 1. The van der Waals surface area contributed by atoms with E-state index in [1.807, 2.05) is 18.3 Å². The molecule has 2 N–H and O–H groups in total. The Bertz CT molecular complexity index is 288. The Morgan fingerprint density at radius 2 is 2.19 bits per heavy atom. The van der Waals surface area contributed by atoms with E-state index in [1.54, 1.807) is 14.2 Å². The smallest absolute Gasteiger partial charge is 0.212 e. The van der Waals surface area contributed by atoms with Gasteiger partial charge in [-0.3, -0.25) is 0 Å². The van der Waals surface area contributed by atoms with Gasteiger partial charge in [-0.2, -0.15) is 0 Å². The van der Waals surface area contributed by atoms with Crippen molar-refractivity contribution in [2.24, 2.45) is 5.73 Å². The first kappa shape index (κ1) is 12.9. The van der Waals surface area contributed by atoms with E-state index in [1.165, 1.54) is 0 Å². The Balaban J connectivity index is 2.34. The molecular formula is C12H20N2O2. The third-order valence-electron chi connectivity index (χ3n) is 2.43. The maximum atomic E-state index is 6.00. The van der Waals surface area contributed by atoms with Gasteiger partial charge in [-0.05, 0) is 24.8 Å². The van der Waals surface area contributed by atoms with Gasteiger partial charge >= 0.3 is 0 Å². The lowest BCUT2D eigenvalue weighted by atomic mass is 10.0. The summed E-state index contributed by atoms with van der Waals surface area (Å²) in [5.41, 5.74) is 7.15. The van der Waals surface area contributed by atoms with Gasteiger partial charge in [-0.15, -0.1) is 0 Å². The maximum absolute atomic E-state index is 6.00. The molecule has 0 saturated carbocycles. The van der Waals surface area contributed by atoms with Gasteiger partial charge in [0.15, 0.2) is 0 Å². The van der Waals surface area contributed by atoms with Gasteiger partial charge < -0.3 is 15.2 Å². The number of hydrogen-bond acceptors (Lipinski definition) is 4. The van der Waals surface area contributed by atoms with Crippen molar-refractivity contribution in [3.63, 3.8) is 0 Å². The minimum Gasteiger partial charge on any atom is -0.481 e. The van der Waals surface area contributed by atoms with Crippen LogP contribution in [-0.2, 0) is 11.2 Å². The van der Waals surface area contributed by atoms with Crippen molar-refractivity contribution in [3.05, 3.63) is 23.9 Å². The fourth-order valence-electron chi connectivity index (χ4n) is 1.55. The minimum absolute atomic E-state index is 0.172. The summed E-state index contributed by atoms with van der Waals surface area (Å²) in [6.45, 7) is 0.772. The second kappa shape index (κ2) is 7.19. The van der Waals surface area contributed by atoms with E-state index in [0.717, 1.165) is 31.4 Å². The fourth-order valence-corrected chi connectivity index (χ4v) is 1.55. The second-order valence-electron chi connectivity index (χ2n) is 3.81. The average molecular weight is 224 g/mol. The molecule has 0 amide bonds. The van der Waals surface area contributed by atoms with Crippen LogP contribution in [0.4, 0.5) is 0 Å². The van der Waals surface area contributed by atoms with Crippen LogP contribution < -0.4 is 10.5 Å². The lowest BCUT2D eigenvalue weighted by molar-refractivity contribution is 0.190. The van der Waals surface area contributed by atoms with Crippen LogP contribution in [0.1, 0.15) is 18.4 Å². The zero-order chi connectivity index (χ0) is 11.8. The minimum atomic E-state index is 0.172. The highest BCUT2D eigenvalue weighted by molar-refractivity contribution is 5.18. The van der Waals surface area contributed by atoms with Gasteiger partial charge in [0, 0.05) is 32.0 Å². The topological polar surface area (TPSA) is 57.4 Å². The highest BCUT2D eigenvalue weighted by Gasteiger charge is 2.04. The lowest BCUT2D eigenvalue weighted by Gasteiger charge is -2.11. The Hall–Kier alpha value is -1.13. The van der Waals surface area contributed by atoms with Crippen molar-refractivity contribution in [2.45, 2.75) is 25.3 Å². The molecule has 0 spiro atoms. The molecule has 0 bridgehead atoms. The van der Waals surface area contributed by atoms with E-state index in [4.69, 9.17) is 15.2 Å². The molecule has 1 rings (SSSR count). The van der Waals surface area contributed by atoms with Crippen molar-refractivity contribution < 1.29 is 9.47 Å². The van der Waals surface area contributed by atoms with Crippen LogP contribution >= 0.6 is 0 Å². The average Bonchev–Trinajstić information content (AvgIpc) is 2.30. The molecule has 1 atom stereocenters. The van der Waals surface area contributed by atoms with Gasteiger partial charge in [-0.1, -0.05) is 6.07 Å². The summed E-state index contributed by atoms with van der Waals surface area (Å²) in [7, 11) is 3.32. The molecule has 4 heteroatoms. The van der Waals surface area contributed by atoms with E-state index >= 15 is 0 Å². The Morgan fingerprint density at radius 3 is 2.75 bits per heavy atom. The molecular weight excluding hydrogens is 204 g/mol. The highest BCUT2D eigenvalue weighted by Crippen LogP contribution is 2.09. The van der Waals surface area contributed by atoms with Crippen LogP contribution in [-0.4, -0.2) is 31.9 Å². The number of pyridine rings is 1. The zero-order valence-corrected chi connectivity index (χ0v) is 9.98. The summed E-state index contributed by atoms with van der Waals surface area (Å²) in [5, 5.41) is 0. The molecule has 0 fully saturated rings. The second-order valence-corrected chi connectivity index (χ2v) is 3.81. The highest BCUT2D eigenvalue weighted by atomic mass is 16.5. The quantitative estimate of drug-likeness (QED) is 0.711. The molecule has 90 valence electrons. The largest absolute Gasteiger partial charge is 0.481 e. The molecule has 1 heterocycles. The zero-order valence-electron chi connectivity index (χ0n) is 9.98. The summed E-state index contributed by atoms with van der Waals surface area (Å²) in [4.78, 5) is 4.14. The molecule has 0 aliphatic heterocycles. The molecule has 16 heavy (non-hydrogen) atoms. The number of methoxy groups -OCH3 is 2. The number of ether oxygens (including phenoxy) is 2. The first-order valence-electron chi connectivity index (χ1n) is 5.49. The third-order valence-corrected chi connectivity index (χ3v) is 2.43. The number of nitrogens with zero attached hydrogens (tertiary/aromatic N) is 1. The van der Waals surface area contributed by atoms with Crippen LogP contribution in [0.5, 0.6) is 5.88 Å². The Morgan fingerprint density at radius 1 is 1.38 bits per heavy atom. The monoisotopic (exact) mass is 224 g/mol. The van der Waals surface area contributed by atoms with Crippen molar-refractivity contribution >= 4 is 0 Å². The maximum Gasteiger partial charge on any atom is 0.212 e. The van der Waals surface area contributed by atoms with Gasteiger partial charge in [0.2, 0.25) is 5.88 Å². The standard InChI is InChI=1S/C12H20N2O2/c1-15-7-3-4-11(13)8-10-5-6-12(16-2)14-9-10/h5-6,9,11H,3-4,7-8,13H2,1-2H3. The van der Waals surface area contributed by atoms with Gasteiger partial charge in [0.05, 0.1) is 7.11 Å². The number of rotatable bonds is 7. The molecule has 1 aromatic heterocycles. The fraction of sp³-hybridized carbons (Fsp3) is 0.583. The van der Waals surface area contributed by atoms with E-state index < -0.39 is 0 Å². The van der Waals surface area contributed by atoms with Gasteiger partial charge in [0.25, 0.3) is 0 Å². The number of nitrogens with two attached hydrogens (primary N) is 1. The van der Waals surface area contributed by atoms with Crippen molar-refractivity contribution in [1.29, 1.82) is 0 Å². The van der Waals surface area contributed by atoms with Crippen LogP contribution in [0, 0.1) is 0 Å². The third kappa shape index (κ3) is 4.59. The van der Waals surface area contributed by atoms with Crippen molar-refractivity contribution in [2.75, 3.05) is 20.8 Å². The normalized spacial score (nSPS) is 12.4. The molecule has 1 unspecified atom stereocenters. The SMILES string of the molecule is COCCCC(N)Cc1ccc(OC)nc1. The van der Waals surface area contributed by atoms with E-state index in [2.05, 4.69) is 4.98 Å². The Labute approximate surface area is 96.8 Å². The van der Waals surface area contributed by atoms with Crippen LogP contribution in [0.2, 0.25) is 0 Å². The van der Waals surface area contributed by atoms with E-state index in [9.17, 15) is 0 Å². The molecule has 0 aliphatic rings. The van der Waals surface area contributed by atoms with Crippen LogP contribution in [0.15, 0.2) is 18.3 Å². The molecule has 0 radical (unpaired) electrons. The lowest BCUT2D eigenvalue weighted by Crippen LogP contribution is -2.23. The van der Waals surface area contributed by atoms with Gasteiger partial charge in [-0.25, -0.2) is 4.98 Å². The summed E-state index contributed by atoms with van der Waals surface area (Å²) in [5.74, 6) is 0.636. The predicted octanol–water partition coefficient (Wildman–Crippen LogP) is 1.39. The molecule has 4 nitrogen and oxygen atoms in total. The summed E-state index contributed by atoms with van der Waals surface area (Å²) < 4.78 is 9.98. The van der Waals surface area contributed by atoms with Crippen molar-refractivity contribution in [1.82, 2.24) is 4.98 Å². The van der Waals surface area contributed by atoms with Gasteiger partial charge in [0.1, 0.15) is 0 Å². The van der Waals surface area contributed by atoms with Crippen molar-refractivity contribution in [3.8, 4) is 5.88 Å². The first-order valence-corrected chi connectivity index (χ1v) is 5.49. The molecule has 1 aromatic rings. The summed E-state index contributed by atoms with van der Waals surface area (Å²) in [6, 6.07) is 4.03. The Kier molecular flexibility index (Phi) is 5.82. The molecule has 0 aliphatic carbocycles. The number of hydrogen-bond donors (Lipinski definition) is 1. The van der Waals surface area contributed by atoms with E-state index in [0.29, 0.717) is 5.88 Å². The first-order chi connectivity index (χ1) is 7.76. The predicted molar refractivity (Wildman–Crippen MR) is 63.6 cm³/mol.